The predicted molar refractivity (Wildman–Crippen MR) is 94.5 cm³/mol. The smallest absolute Gasteiger partial charge is 0.105 e. The van der Waals surface area contributed by atoms with E-state index in [2.05, 4.69) is 29.2 Å². The SMILES string of the molecule is Cl.OC(CN1CCCCC1)(c1ccccc1)C1CCCCC1. The first-order chi connectivity index (χ1) is 10.3. The van der Waals surface area contributed by atoms with Crippen molar-refractivity contribution < 1.29 is 5.11 Å². The molecule has 3 rings (SSSR count). The number of rotatable bonds is 4. The molecule has 1 aromatic rings. The second kappa shape index (κ2) is 8.33. The van der Waals surface area contributed by atoms with Crippen LogP contribution >= 0.6 is 12.4 Å². The van der Waals surface area contributed by atoms with Gasteiger partial charge < -0.3 is 10.0 Å². The van der Waals surface area contributed by atoms with E-state index in [4.69, 9.17) is 0 Å². The maximum Gasteiger partial charge on any atom is 0.105 e. The fourth-order valence-corrected chi connectivity index (χ4v) is 4.22. The van der Waals surface area contributed by atoms with Crippen molar-refractivity contribution in [2.24, 2.45) is 5.92 Å². The van der Waals surface area contributed by atoms with Crippen molar-refractivity contribution in [3.63, 3.8) is 0 Å². The lowest BCUT2D eigenvalue weighted by Crippen LogP contribution is -2.48. The van der Waals surface area contributed by atoms with Crippen LogP contribution in [-0.4, -0.2) is 29.6 Å². The molecule has 1 heterocycles. The van der Waals surface area contributed by atoms with Crippen molar-refractivity contribution in [2.75, 3.05) is 19.6 Å². The van der Waals surface area contributed by atoms with Gasteiger partial charge in [-0.3, -0.25) is 0 Å². The lowest BCUT2D eigenvalue weighted by Gasteiger charge is -2.43. The molecule has 1 saturated carbocycles. The summed E-state index contributed by atoms with van der Waals surface area (Å²) in [6, 6.07) is 10.4. The number of β-amino-alcohol motifs (C(OH)–C–C–N with tert-alkyl or cyclic N) is 1. The fourth-order valence-electron chi connectivity index (χ4n) is 4.22. The molecule has 1 saturated heterocycles. The van der Waals surface area contributed by atoms with Gasteiger partial charge in [-0.1, -0.05) is 56.0 Å². The zero-order valence-corrected chi connectivity index (χ0v) is 14.4. The Morgan fingerprint density at radius 1 is 0.909 bits per heavy atom. The van der Waals surface area contributed by atoms with Crippen LogP contribution in [0.5, 0.6) is 0 Å². The van der Waals surface area contributed by atoms with Crippen molar-refractivity contribution in [1.29, 1.82) is 0 Å². The molecule has 22 heavy (non-hydrogen) atoms. The van der Waals surface area contributed by atoms with Crippen LogP contribution in [-0.2, 0) is 5.60 Å². The van der Waals surface area contributed by atoms with Crippen molar-refractivity contribution in [3.05, 3.63) is 35.9 Å². The van der Waals surface area contributed by atoms with E-state index in [1.165, 1.54) is 51.4 Å². The van der Waals surface area contributed by atoms with Gasteiger partial charge in [0.15, 0.2) is 0 Å². The highest BCUT2D eigenvalue weighted by molar-refractivity contribution is 5.85. The first kappa shape index (κ1) is 17.8. The number of hydrogen-bond donors (Lipinski definition) is 1. The Morgan fingerprint density at radius 2 is 1.50 bits per heavy atom. The van der Waals surface area contributed by atoms with E-state index in [9.17, 15) is 5.11 Å². The fraction of sp³-hybridized carbons (Fsp3) is 0.684. The minimum Gasteiger partial charge on any atom is -0.384 e. The van der Waals surface area contributed by atoms with Crippen LogP contribution in [0.4, 0.5) is 0 Å². The lowest BCUT2D eigenvalue weighted by molar-refractivity contribution is -0.0666. The Kier molecular flexibility index (Phi) is 6.73. The number of likely N-dealkylation sites (tertiary alicyclic amines) is 1. The number of nitrogens with zero attached hydrogens (tertiary/aromatic N) is 1. The molecular weight excluding hydrogens is 294 g/mol. The van der Waals surface area contributed by atoms with Crippen LogP contribution < -0.4 is 0 Å². The average Bonchev–Trinajstić information content (AvgIpc) is 2.57. The number of benzene rings is 1. The standard InChI is InChI=1S/C19H29NO.ClH/c21-19(17-10-4-1-5-11-17,18-12-6-2-7-13-18)16-20-14-8-3-9-15-20;/h1,4-5,10-11,18,21H,2-3,6-9,12-16H2;1H. The van der Waals surface area contributed by atoms with E-state index in [0.717, 1.165) is 25.2 Å². The average molecular weight is 324 g/mol. The second-order valence-corrected chi connectivity index (χ2v) is 6.96. The lowest BCUT2D eigenvalue weighted by atomic mass is 9.73. The van der Waals surface area contributed by atoms with Crippen molar-refractivity contribution in [2.45, 2.75) is 57.0 Å². The molecule has 0 bridgehead atoms. The van der Waals surface area contributed by atoms with Gasteiger partial charge in [-0.05, 0) is 50.3 Å². The maximum absolute atomic E-state index is 11.6. The van der Waals surface area contributed by atoms with Crippen molar-refractivity contribution in [3.8, 4) is 0 Å². The summed E-state index contributed by atoms with van der Waals surface area (Å²) >= 11 is 0. The summed E-state index contributed by atoms with van der Waals surface area (Å²) in [5.74, 6) is 0.426. The highest BCUT2D eigenvalue weighted by atomic mass is 35.5. The monoisotopic (exact) mass is 323 g/mol. The Hall–Kier alpha value is -0.570. The topological polar surface area (TPSA) is 23.5 Å². The number of piperidine rings is 1. The third-order valence-electron chi connectivity index (χ3n) is 5.47. The van der Waals surface area contributed by atoms with Crippen LogP contribution in [0.3, 0.4) is 0 Å². The summed E-state index contributed by atoms with van der Waals surface area (Å²) in [5.41, 5.74) is 0.474. The van der Waals surface area contributed by atoms with E-state index in [1.54, 1.807) is 0 Å². The number of hydrogen-bond acceptors (Lipinski definition) is 2. The number of aliphatic hydroxyl groups is 1. The van der Waals surface area contributed by atoms with E-state index >= 15 is 0 Å². The third kappa shape index (κ3) is 4.04. The molecule has 2 nitrogen and oxygen atoms in total. The summed E-state index contributed by atoms with van der Waals surface area (Å²) in [5, 5.41) is 11.6. The largest absolute Gasteiger partial charge is 0.384 e. The van der Waals surface area contributed by atoms with E-state index < -0.39 is 5.60 Å². The molecule has 1 aliphatic carbocycles. The first-order valence-electron chi connectivity index (χ1n) is 8.79. The van der Waals surface area contributed by atoms with E-state index in [1.807, 2.05) is 6.07 Å². The van der Waals surface area contributed by atoms with Crippen LogP contribution in [0.15, 0.2) is 30.3 Å². The van der Waals surface area contributed by atoms with Gasteiger partial charge in [0.2, 0.25) is 0 Å². The Labute approximate surface area is 141 Å². The molecule has 1 aromatic carbocycles. The van der Waals surface area contributed by atoms with Gasteiger partial charge in [0.25, 0.3) is 0 Å². The van der Waals surface area contributed by atoms with Gasteiger partial charge in [0.1, 0.15) is 5.60 Å². The Bertz CT molecular complexity index is 426. The second-order valence-electron chi connectivity index (χ2n) is 6.96. The van der Waals surface area contributed by atoms with Gasteiger partial charge in [0.05, 0.1) is 0 Å². The quantitative estimate of drug-likeness (QED) is 0.889. The van der Waals surface area contributed by atoms with Crippen molar-refractivity contribution in [1.82, 2.24) is 4.90 Å². The van der Waals surface area contributed by atoms with Gasteiger partial charge in [-0.25, -0.2) is 0 Å². The molecule has 124 valence electrons. The minimum atomic E-state index is -0.654. The highest BCUT2D eigenvalue weighted by Gasteiger charge is 2.40. The summed E-state index contributed by atoms with van der Waals surface area (Å²) in [6.07, 6.45) is 10.2. The highest BCUT2D eigenvalue weighted by Crippen LogP contribution is 2.40. The molecule has 0 spiro atoms. The maximum atomic E-state index is 11.6. The molecule has 0 amide bonds. The molecule has 1 N–H and O–H groups in total. The predicted octanol–water partition coefficient (Wildman–Crippen LogP) is 4.36. The summed E-state index contributed by atoms with van der Waals surface area (Å²) < 4.78 is 0. The normalized spacial score (nSPS) is 23.5. The molecule has 2 aliphatic rings. The molecule has 2 fully saturated rings. The van der Waals surface area contributed by atoms with Gasteiger partial charge in [-0.15, -0.1) is 12.4 Å². The molecular formula is C19H30ClNO. The third-order valence-corrected chi connectivity index (χ3v) is 5.47. The van der Waals surface area contributed by atoms with Crippen molar-refractivity contribution >= 4 is 12.4 Å². The van der Waals surface area contributed by atoms with Crippen LogP contribution in [0.25, 0.3) is 0 Å². The molecule has 1 aliphatic heterocycles. The summed E-state index contributed by atoms with van der Waals surface area (Å²) in [4.78, 5) is 2.49. The zero-order valence-electron chi connectivity index (χ0n) is 13.5. The first-order valence-corrected chi connectivity index (χ1v) is 8.79. The zero-order chi connectivity index (χ0) is 14.5. The molecule has 1 unspecified atom stereocenters. The molecule has 1 atom stereocenters. The van der Waals surface area contributed by atoms with Crippen LogP contribution in [0.1, 0.15) is 56.9 Å². The van der Waals surface area contributed by atoms with E-state index in [-0.39, 0.29) is 12.4 Å². The van der Waals surface area contributed by atoms with Gasteiger partial charge in [0, 0.05) is 6.54 Å². The van der Waals surface area contributed by atoms with E-state index in [0.29, 0.717) is 5.92 Å². The van der Waals surface area contributed by atoms with Crippen LogP contribution in [0.2, 0.25) is 0 Å². The Balaban J connectivity index is 0.00000176. The minimum absolute atomic E-state index is 0. The number of halogens is 1. The summed E-state index contributed by atoms with van der Waals surface area (Å²) in [6.45, 7) is 3.13. The van der Waals surface area contributed by atoms with Gasteiger partial charge in [-0.2, -0.15) is 0 Å². The van der Waals surface area contributed by atoms with Gasteiger partial charge >= 0.3 is 0 Å². The molecule has 0 aromatic heterocycles. The molecule has 3 heteroatoms. The molecule has 0 radical (unpaired) electrons. The summed E-state index contributed by atoms with van der Waals surface area (Å²) in [7, 11) is 0. The Morgan fingerprint density at radius 3 is 2.14 bits per heavy atom. The van der Waals surface area contributed by atoms with Crippen LogP contribution in [0, 0.1) is 5.92 Å².